The van der Waals surface area contributed by atoms with E-state index in [0.29, 0.717) is 25.7 Å². The van der Waals surface area contributed by atoms with E-state index >= 15 is 0 Å². The van der Waals surface area contributed by atoms with Gasteiger partial charge >= 0.3 is 0 Å². The molecule has 0 radical (unpaired) electrons. The van der Waals surface area contributed by atoms with Gasteiger partial charge in [0.1, 0.15) is 0 Å². The number of hydrogen-bond acceptors (Lipinski definition) is 2. The average molecular weight is 213 g/mol. The van der Waals surface area contributed by atoms with Crippen molar-refractivity contribution in [3.8, 4) is 0 Å². The molecule has 0 heterocycles. The Morgan fingerprint density at radius 3 is 1.50 bits per heavy atom. The molecule has 0 aromatic carbocycles. The summed E-state index contributed by atoms with van der Waals surface area (Å²) in [6, 6.07) is 0. The predicted molar refractivity (Wildman–Crippen MR) is 46.5 cm³/mol. The standard InChI is InChI=1S/C6H10Cl2N2O2/c7-9-5(11)3-1-2-4-6(12)10-8/h1-4H2,(H,9,11)(H,10,12). The second-order valence-electron chi connectivity index (χ2n) is 2.24. The van der Waals surface area contributed by atoms with Gasteiger partial charge in [0.15, 0.2) is 0 Å². The molecule has 0 fully saturated rings. The quantitative estimate of drug-likeness (QED) is 0.530. The van der Waals surface area contributed by atoms with Crippen molar-refractivity contribution in [1.29, 1.82) is 0 Å². The molecule has 0 bridgehead atoms. The fraction of sp³-hybridized carbons (Fsp3) is 0.667. The molecule has 2 N–H and O–H groups in total. The first kappa shape index (κ1) is 11.5. The monoisotopic (exact) mass is 212 g/mol. The maximum Gasteiger partial charge on any atom is 0.234 e. The molecule has 0 aliphatic rings. The summed E-state index contributed by atoms with van der Waals surface area (Å²) in [6.45, 7) is 0. The van der Waals surface area contributed by atoms with Crippen LogP contribution in [0.25, 0.3) is 0 Å². The first-order chi connectivity index (χ1) is 5.70. The second kappa shape index (κ2) is 7.18. The number of halogens is 2. The highest BCUT2D eigenvalue weighted by atomic mass is 35.5. The van der Waals surface area contributed by atoms with Gasteiger partial charge in [-0.3, -0.25) is 19.3 Å². The van der Waals surface area contributed by atoms with Crippen molar-refractivity contribution < 1.29 is 9.59 Å². The lowest BCUT2D eigenvalue weighted by Crippen LogP contribution is -2.13. The minimum absolute atomic E-state index is 0.233. The SMILES string of the molecule is O=C(CCCCC(=O)NCl)NCl. The highest BCUT2D eigenvalue weighted by Gasteiger charge is 2.01. The van der Waals surface area contributed by atoms with Crippen molar-refractivity contribution in [1.82, 2.24) is 9.67 Å². The van der Waals surface area contributed by atoms with Crippen LogP contribution in [0.3, 0.4) is 0 Å². The summed E-state index contributed by atoms with van der Waals surface area (Å²) in [5.41, 5.74) is 0. The maximum atomic E-state index is 10.6. The van der Waals surface area contributed by atoms with Gasteiger partial charge in [-0.15, -0.1) is 0 Å². The van der Waals surface area contributed by atoms with Crippen LogP contribution in [0, 0.1) is 0 Å². The Morgan fingerprint density at radius 2 is 1.25 bits per heavy atom. The summed E-state index contributed by atoms with van der Waals surface area (Å²) in [5, 5.41) is 0. The van der Waals surface area contributed by atoms with Gasteiger partial charge in [0, 0.05) is 36.4 Å². The summed E-state index contributed by atoms with van der Waals surface area (Å²) in [5.74, 6) is -0.467. The molecule has 0 saturated carbocycles. The zero-order valence-corrected chi connectivity index (χ0v) is 7.91. The number of nitrogens with one attached hydrogen (secondary N) is 2. The van der Waals surface area contributed by atoms with Gasteiger partial charge in [-0.25, -0.2) is 0 Å². The van der Waals surface area contributed by atoms with Gasteiger partial charge in [-0.05, 0) is 12.8 Å². The number of carbonyl (C=O) groups excluding carboxylic acids is 2. The van der Waals surface area contributed by atoms with Crippen LogP contribution in [-0.2, 0) is 9.59 Å². The molecule has 0 saturated heterocycles. The Labute approximate surface area is 80.8 Å². The van der Waals surface area contributed by atoms with Crippen LogP contribution in [-0.4, -0.2) is 11.8 Å². The van der Waals surface area contributed by atoms with Crippen LogP contribution < -0.4 is 9.67 Å². The lowest BCUT2D eigenvalue weighted by Gasteiger charge is -1.97. The molecule has 0 atom stereocenters. The van der Waals surface area contributed by atoms with Gasteiger partial charge in [-0.1, -0.05) is 0 Å². The van der Waals surface area contributed by atoms with Crippen LogP contribution in [0.4, 0.5) is 0 Å². The fourth-order valence-corrected chi connectivity index (χ4v) is 0.855. The lowest BCUT2D eigenvalue weighted by molar-refractivity contribution is -0.121. The minimum atomic E-state index is -0.233. The van der Waals surface area contributed by atoms with Gasteiger partial charge in [0.25, 0.3) is 0 Å². The summed E-state index contributed by atoms with van der Waals surface area (Å²) >= 11 is 10.0. The molecule has 6 heteroatoms. The molecule has 0 unspecified atom stereocenters. The van der Waals surface area contributed by atoms with Crippen molar-refractivity contribution in [2.75, 3.05) is 0 Å². The third-order valence-corrected chi connectivity index (χ3v) is 1.69. The number of amides is 2. The van der Waals surface area contributed by atoms with Crippen molar-refractivity contribution >= 4 is 35.4 Å². The van der Waals surface area contributed by atoms with Crippen molar-refractivity contribution in [3.63, 3.8) is 0 Å². The topological polar surface area (TPSA) is 58.2 Å². The van der Waals surface area contributed by atoms with E-state index in [-0.39, 0.29) is 11.8 Å². The van der Waals surface area contributed by atoms with E-state index in [1.54, 1.807) is 0 Å². The molecule has 0 aliphatic carbocycles. The number of hydrogen-bond donors (Lipinski definition) is 2. The Balaban J connectivity index is 3.21. The lowest BCUT2D eigenvalue weighted by atomic mass is 10.2. The normalized spacial score (nSPS) is 9.17. The van der Waals surface area contributed by atoms with Crippen molar-refractivity contribution in [2.45, 2.75) is 25.7 Å². The first-order valence-corrected chi connectivity index (χ1v) is 4.25. The molecular formula is C6H10Cl2N2O2. The van der Waals surface area contributed by atoms with E-state index in [2.05, 4.69) is 0 Å². The molecule has 70 valence electrons. The van der Waals surface area contributed by atoms with Crippen LogP contribution in [0.1, 0.15) is 25.7 Å². The van der Waals surface area contributed by atoms with E-state index in [1.165, 1.54) is 0 Å². The van der Waals surface area contributed by atoms with E-state index in [4.69, 9.17) is 23.6 Å². The summed E-state index contributed by atoms with van der Waals surface area (Å²) < 4.78 is 0. The zero-order chi connectivity index (χ0) is 9.40. The van der Waals surface area contributed by atoms with Gasteiger partial charge < -0.3 is 0 Å². The highest BCUT2D eigenvalue weighted by Crippen LogP contribution is 1.99. The molecule has 0 rings (SSSR count). The Bertz CT molecular complexity index is 146. The molecule has 4 nitrogen and oxygen atoms in total. The summed E-state index contributed by atoms with van der Waals surface area (Å²) in [7, 11) is 0. The third-order valence-electron chi connectivity index (χ3n) is 1.27. The number of unbranched alkanes of at least 4 members (excludes halogenated alkanes) is 1. The summed E-state index contributed by atoms with van der Waals surface area (Å²) in [4.78, 5) is 25.1. The smallest absolute Gasteiger partial charge is 0.234 e. The van der Waals surface area contributed by atoms with Crippen LogP contribution in [0.15, 0.2) is 0 Å². The van der Waals surface area contributed by atoms with Crippen molar-refractivity contribution in [2.24, 2.45) is 0 Å². The first-order valence-electron chi connectivity index (χ1n) is 3.49. The maximum absolute atomic E-state index is 10.6. The molecular weight excluding hydrogens is 203 g/mol. The molecule has 2 amide bonds. The van der Waals surface area contributed by atoms with Crippen molar-refractivity contribution in [3.05, 3.63) is 0 Å². The second-order valence-corrected chi connectivity index (χ2v) is 2.62. The van der Waals surface area contributed by atoms with Gasteiger partial charge in [-0.2, -0.15) is 0 Å². The molecule has 0 aliphatic heterocycles. The van der Waals surface area contributed by atoms with Crippen LogP contribution >= 0.6 is 23.6 Å². The molecule has 0 aromatic heterocycles. The van der Waals surface area contributed by atoms with Crippen LogP contribution in [0.2, 0.25) is 0 Å². The van der Waals surface area contributed by atoms with E-state index < -0.39 is 0 Å². The van der Waals surface area contributed by atoms with E-state index in [1.807, 2.05) is 9.67 Å². The third kappa shape index (κ3) is 6.24. The number of rotatable bonds is 5. The van der Waals surface area contributed by atoms with E-state index in [9.17, 15) is 9.59 Å². The summed E-state index contributed by atoms with van der Waals surface area (Å²) in [6.07, 6.45) is 1.92. The minimum Gasteiger partial charge on any atom is -0.274 e. The molecule has 12 heavy (non-hydrogen) atoms. The molecule has 0 aromatic rings. The Morgan fingerprint density at radius 1 is 0.917 bits per heavy atom. The Hall–Kier alpha value is -0.480. The average Bonchev–Trinajstić information content (AvgIpc) is 2.11. The Kier molecular flexibility index (Phi) is 6.90. The van der Waals surface area contributed by atoms with Gasteiger partial charge in [0.2, 0.25) is 11.8 Å². The largest absolute Gasteiger partial charge is 0.274 e. The number of carbonyl (C=O) groups is 2. The van der Waals surface area contributed by atoms with Gasteiger partial charge in [0.05, 0.1) is 0 Å². The predicted octanol–water partition coefficient (Wildman–Crippen LogP) is 1.09. The van der Waals surface area contributed by atoms with E-state index in [0.717, 1.165) is 0 Å². The zero-order valence-electron chi connectivity index (χ0n) is 6.40. The van der Waals surface area contributed by atoms with Crippen LogP contribution in [0.5, 0.6) is 0 Å². The fourth-order valence-electron chi connectivity index (χ4n) is 0.666. The highest BCUT2D eigenvalue weighted by molar-refractivity contribution is 6.21. The molecule has 0 spiro atoms.